The molecule has 0 spiro atoms. The summed E-state index contributed by atoms with van der Waals surface area (Å²) >= 11 is 5.45. The van der Waals surface area contributed by atoms with Crippen molar-refractivity contribution in [2.75, 3.05) is 12.3 Å². The summed E-state index contributed by atoms with van der Waals surface area (Å²) in [7, 11) is -4.64. The Hall–Kier alpha value is -1.13. The summed E-state index contributed by atoms with van der Waals surface area (Å²) in [6, 6.07) is 1.16. The standard InChI is InChI=1S/C9H8ClF5N2O2S/c10-4-1-5(11)6(16)2-7(4)20(18,19)17-3-9(14,15)8(12)13/h1-2,8,17H,3,16H2. The van der Waals surface area contributed by atoms with Crippen LogP contribution in [0.2, 0.25) is 5.02 Å². The van der Waals surface area contributed by atoms with Gasteiger partial charge in [0.05, 0.1) is 17.3 Å². The zero-order valence-corrected chi connectivity index (χ0v) is 11.1. The monoisotopic (exact) mass is 338 g/mol. The highest BCUT2D eigenvalue weighted by Crippen LogP contribution is 2.27. The molecule has 4 nitrogen and oxygen atoms in total. The second-order valence-electron chi connectivity index (χ2n) is 3.69. The predicted molar refractivity (Wildman–Crippen MR) is 62.0 cm³/mol. The molecule has 0 aromatic heterocycles. The second-order valence-corrected chi connectivity index (χ2v) is 5.83. The van der Waals surface area contributed by atoms with Crippen LogP contribution in [0.5, 0.6) is 0 Å². The Bertz CT molecular complexity index is 609. The first-order valence-corrected chi connectivity index (χ1v) is 6.73. The fourth-order valence-corrected chi connectivity index (χ4v) is 2.69. The van der Waals surface area contributed by atoms with E-state index in [0.29, 0.717) is 12.1 Å². The third kappa shape index (κ3) is 3.70. The number of hydrogen-bond donors (Lipinski definition) is 2. The summed E-state index contributed by atoms with van der Waals surface area (Å²) in [5.41, 5.74) is 4.53. The van der Waals surface area contributed by atoms with Crippen molar-refractivity contribution in [2.45, 2.75) is 17.2 Å². The Balaban J connectivity index is 3.04. The van der Waals surface area contributed by atoms with Gasteiger partial charge in [-0.2, -0.15) is 8.78 Å². The number of anilines is 1. The highest BCUT2D eigenvalue weighted by atomic mass is 35.5. The average Bonchev–Trinajstić information content (AvgIpc) is 2.31. The van der Waals surface area contributed by atoms with Crippen molar-refractivity contribution in [1.82, 2.24) is 4.72 Å². The molecule has 0 radical (unpaired) electrons. The molecule has 0 bridgehead atoms. The van der Waals surface area contributed by atoms with E-state index >= 15 is 0 Å². The van der Waals surface area contributed by atoms with Crippen LogP contribution in [0, 0.1) is 5.82 Å². The number of nitrogen functional groups attached to an aromatic ring is 1. The molecule has 0 aliphatic rings. The van der Waals surface area contributed by atoms with E-state index < -0.39 is 50.3 Å². The molecule has 0 unspecified atom stereocenters. The van der Waals surface area contributed by atoms with Crippen molar-refractivity contribution in [3.8, 4) is 0 Å². The molecule has 0 saturated heterocycles. The fraction of sp³-hybridized carbons (Fsp3) is 0.333. The molecule has 1 aromatic rings. The summed E-state index contributed by atoms with van der Waals surface area (Å²) in [6.45, 7) is -1.83. The number of nitrogens with one attached hydrogen (secondary N) is 1. The molecular formula is C9H8ClF5N2O2S. The van der Waals surface area contributed by atoms with E-state index in [-0.39, 0.29) is 0 Å². The molecule has 11 heteroatoms. The average molecular weight is 339 g/mol. The molecule has 0 amide bonds. The molecule has 0 aliphatic heterocycles. The Morgan fingerprint density at radius 2 is 1.90 bits per heavy atom. The molecule has 20 heavy (non-hydrogen) atoms. The fourth-order valence-electron chi connectivity index (χ4n) is 1.10. The van der Waals surface area contributed by atoms with Gasteiger partial charge in [-0.15, -0.1) is 0 Å². The maximum absolute atomic E-state index is 13.0. The van der Waals surface area contributed by atoms with Crippen LogP contribution in [-0.4, -0.2) is 27.3 Å². The minimum atomic E-state index is -4.64. The minimum Gasteiger partial charge on any atom is -0.396 e. The first kappa shape index (κ1) is 16.9. The van der Waals surface area contributed by atoms with Crippen LogP contribution in [0.15, 0.2) is 17.0 Å². The van der Waals surface area contributed by atoms with Gasteiger partial charge in [-0.25, -0.2) is 26.3 Å². The number of nitrogens with two attached hydrogens (primary N) is 1. The number of benzene rings is 1. The summed E-state index contributed by atoms with van der Waals surface area (Å²) in [5.74, 6) is -5.56. The Morgan fingerprint density at radius 1 is 1.35 bits per heavy atom. The largest absolute Gasteiger partial charge is 0.396 e. The van der Waals surface area contributed by atoms with Gasteiger partial charge in [-0.05, 0) is 12.1 Å². The number of hydrogen-bond acceptors (Lipinski definition) is 3. The van der Waals surface area contributed by atoms with Crippen LogP contribution in [-0.2, 0) is 10.0 Å². The van der Waals surface area contributed by atoms with Crippen molar-refractivity contribution in [1.29, 1.82) is 0 Å². The Morgan fingerprint density at radius 3 is 2.40 bits per heavy atom. The van der Waals surface area contributed by atoms with Crippen LogP contribution in [0.25, 0.3) is 0 Å². The topological polar surface area (TPSA) is 72.2 Å². The zero-order chi connectivity index (χ0) is 15.7. The third-order valence-electron chi connectivity index (χ3n) is 2.16. The van der Waals surface area contributed by atoms with E-state index in [4.69, 9.17) is 17.3 Å². The van der Waals surface area contributed by atoms with Crippen molar-refractivity contribution in [2.24, 2.45) is 0 Å². The molecular weight excluding hydrogens is 331 g/mol. The first-order valence-electron chi connectivity index (χ1n) is 4.87. The molecule has 1 rings (SSSR count). The van der Waals surface area contributed by atoms with E-state index in [1.54, 1.807) is 0 Å². The van der Waals surface area contributed by atoms with Crippen LogP contribution in [0.4, 0.5) is 27.6 Å². The van der Waals surface area contributed by atoms with E-state index in [1.165, 1.54) is 4.72 Å². The molecule has 0 aliphatic carbocycles. The van der Waals surface area contributed by atoms with Gasteiger partial charge in [0, 0.05) is 0 Å². The van der Waals surface area contributed by atoms with E-state index in [1.807, 2.05) is 0 Å². The molecule has 114 valence electrons. The van der Waals surface area contributed by atoms with Crippen molar-refractivity contribution < 1.29 is 30.4 Å². The van der Waals surface area contributed by atoms with Crippen LogP contribution < -0.4 is 10.5 Å². The highest BCUT2D eigenvalue weighted by Gasteiger charge is 2.41. The third-order valence-corrected chi connectivity index (χ3v) is 4.02. The SMILES string of the molecule is Nc1cc(S(=O)(=O)NCC(F)(F)C(F)F)c(Cl)cc1F. The molecule has 0 heterocycles. The van der Waals surface area contributed by atoms with Gasteiger partial charge in [0.25, 0.3) is 0 Å². The number of rotatable bonds is 5. The molecule has 3 N–H and O–H groups in total. The quantitative estimate of drug-likeness (QED) is 0.639. The van der Waals surface area contributed by atoms with Gasteiger partial charge in [0.1, 0.15) is 10.7 Å². The Kier molecular flexibility index (Phi) is 4.82. The molecule has 1 aromatic carbocycles. The lowest BCUT2D eigenvalue weighted by Crippen LogP contribution is -2.41. The maximum atomic E-state index is 13.0. The Labute approximate surface area is 115 Å². The number of sulfonamides is 1. The van der Waals surface area contributed by atoms with Gasteiger partial charge in [-0.3, -0.25) is 0 Å². The van der Waals surface area contributed by atoms with Gasteiger partial charge in [0.2, 0.25) is 10.0 Å². The molecule has 0 saturated carbocycles. The highest BCUT2D eigenvalue weighted by molar-refractivity contribution is 7.89. The number of alkyl halides is 4. The van der Waals surface area contributed by atoms with Crippen LogP contribution >= 0.6 is 11.6 Å². The first-order chi connectivity index (χ1) is 8.97. The van der Waals surface area contributed by atoms with Gasteiger partial charge < -0.3 is 5.73 Å². The summed E-state index contributed by atoms with van der Waals surface area (Å²) in [6.07, 6.45) is -4.04. The van der Waals surface area contributed by atoms with Gasteiger partial charge >= 0.3 is 12.3 Å². The number of halogens is 6. The lowest BCUT2D eigenvalue weighted by Gasteiger charge is -2.16. The smallest absolute Gasteiger partial charge is 0.320 e. The minimum absolute atomic E-state index is 0.566. The predicted octanol–water partition coefficient (Wildman–Crippen LogP) is 2.24. The van der Waals surface area contributed by atoms with Crippen LogP contribution in [0.3, 0.4) is 0 Å². The second kappa shape index (κ2) is 5.70. The normalized spacial score (nSPS) is 12.9. The van der Waals surface area contributed by atoms with Crippen molar-refractivity contribution in [3.63, 3.8) is 0 Å². The summed E-state index contributed by atoms with van der Waals surface area (Å²) < 4.78 is 86.6. The van der Waals surface area contributed by atoms with Gasteiger partial charge in [0.15, 0.2) is 0 Å². The van der Waals surface area contributed by atoms with E-state index in [9.17, 15) is 30.4 Å². The zero-order valence-electron chi connectivity index (χ0n) is 9.51. The summed E-state index contributed by atoms with van der Waals surface area (Å²) in [4.78, 5) is -0.789. The molecule has 0 atom stereocenters. The van der Waals surface area contributed by atoms with E-state index in [2.05, 4.69) is 0 Å². The summed E-state index contributed by atoms with van der Waals surface area (Å²) in [5, 5.41) is -0.621. The van der Waals surface area contributed by atoms with Gasteiger partial charge in [-0.1, -0.05) is 11.6 Å². The van der Waals surface area contributed by atoms with E-state index in [0.717, 1.165) is 0 Å². The van der Waals surface area contributed by atoms with Crippen molar-refractivity contribution in [3.05, 3.63) is 23.0 Å². The van der Waals surface area contributed by atoms with Crippen LogP contribution in [0.1, 0.15) is 0 Å². The van der Waals surface area contributed by atoms with Crippen molar-refractivity contribution >= 4 is 27.3 Å². The lowest BCUT2D eigenvalue weighted by atomic mass is 10.3. The lowest BCUT2D eigenvalue weighted by molar-refractivity contribution is -0.122. The molecule has 0 fully saturated rings. The maximum Gasteiger partial charge on any atom is 0.320 e.